The standard InChI is InChI=1S/C17H23N3O4/c1-12(13(2)20-7-3-6-19-20)18-9-14(21)10-22-15-4-5-16-17(8-15)24-11-23-16/h3-8,12-14,18,21H,9-11H2,1-2H3/t12-,13-,14-/m0/s1. The molecule has 2 N–H and O–H groups in total. The zero-order valence-corrected chi connectivity index (χ0v) is 13.9. The number of nitrogens with zero attached hydrogens (tertiary/aromatic N) is 2. The van der Waals surface area contributed by atoms with E-state index in [0.29, 0.717) is 23.8 Å². The summed E-state index contributed by atoms with van der Waals surface area (Å²) < 4.78 is 18.1. The van der Waals surface area contributed by atoms with E-state index in [2.05, 4.69) is 24.3 Å². The van der Waals surface area contributed by atoms with Crippen LogP contribution in [0.5, 0.6) is 17.2 Å². The van der Waals surface area contributed by atoms with E-state index in [1.807, 2.05) is 16.9 Å². The lowest BCUT2D eigenvalue weighted by atomic mass is 10.1. The molecular formula is C17H23N3O4. The van der Waals surface area contributed by atoms with Gasteiger partial charge in [-0.25, -0.2) is 0 Å². The summed E-state index contributed by atoms with van der Waals surface area (Å²) in [4.78, 5) is 0. The quantitative estimate of drug-likeness (QED) is 0.764. The van der Waals surface area contributed by atoms with Crippen molar-refractivity contribution >= 4 is 0 Å². The number of rotatable bonds is 8. The number of ether oxygens (including phenoxy) is 3. The topological polar surface area (TPSA) is 77.8 Å². The maximum atomic E-state index is 10.1. The van der Waals surface area contributed by atoms with E-state index >= 15 is 0 Å². The predicted molar refractivity (Wildman–Crippen MR) is 88.5 cm³/mol. The molecule has 7 heteroatoms. The Balaban J connectivity index is 1.42. The first kappa shape index (κ1) is 16.6. The van der Waals surface area contributed by atoms with Gasteiger partial charge >= 0.3 is 0 Å². The summed E-state index contributed by atoms with van der Waals surface area (Å²) in [6.45, 7) is 5.03. The van der Waals surface area contributed by atoms with Gasteiger partial charge in [-0.15, -0.1) is 0 Å². The van der Waals surface area contributed by atoms with Gasteiger partial charge in [-0.2, -0.15) is 5.10 Å². The molecule has 1 aromatic carbocycles. The maximum absolute atomic E-state index is 10.1. The molecule has 1 aromatic heterocycles. The fraction of sp³-hybridized carbons (Fsp3) is 0.471. The molecule has 1 aliphatic heterocycles. The van der Waals surface area contributed by atoms with Crippen molar-refractivity contribution < 1.29 is 19.3 Å². The molecule has 0 fully saturated rings. The lowest BCUT2D eigenvalue weighted by molar-refractivity contribution is 0.102. The van der Waals surface area contributed by atoms with Crippen molar-refractivity contribution in [1.82, 2.24) is 15.1 Å². The summed E-state index contributed by atoms with van der Waals surface area (Å²) >= 11 is 0. The highest BCUT2D eigenvalue weighted by Gasteiger charge is 2.17. The van der Waals surface area contributed by atoms with Crippen LogP contribution < -0.4 is 19.5 Å². The molecule has 0 aliphatic carbocycles. The van der Waals surface area contributed by atoms with Gasteiger partial charge in [0.1, 0.15) is 18.5 Å². The van der Waals surface area contributed by atoms with E-state index in [-0.39, 0.29) is 25.5 Å². The third-order valence-corrected chi connectivity index (χ3v) is 4.13. The Morgan fingerprint density at radius 1 is 1.33 bits per heavy atom. The molecule has 130 valence electrons. The fourth-order valence-corrected chi connectivity index (χ4v) is 2.46. The Bertz CT molecular complexity index is 647. The van der Waals surface area contributed by atoms with Gasteiger partial charge in [-0.05, 0) is 32.0 Å². The fourth-order valence-electron chi connectivity index (χ4n) is 2.46. The summed E-state index contributed by atoms with van der Waals surface area (Å²) in [5.41, 5.74) is 0. The number of nitrogens with one attached hydrogen (secondary N) is 1. The SMILES string of the molecule is C[C@H](NC[C@H](O)COc1ccc2c(c1)OCO2)[C@H](C)n1cccn1. The molecule has 0 saturated carbocycles. The molecule has 7 nitrogen and oxygen atoms in total. The van der Waals surface area contributed by atoms with Crippen LogP contribution in [-0.2, 0) is 0 Å². The second-order valence-corrected chi connectivity index (χ2v) is 5.90. The van der Waals surface area contributed by atoms with Gasteiger partial charge in [0.2, 0.25) is 6.79 Å². The van der Waals surface area contributed by atoms with E-state index in [1.54, 1.807) is 24.4 Å². The first-order chi connectivity index (χ1) is 11.6. The number of aliphatic hydroxyl groups is 1. The molecule has 0 amide bonds. The average Bonchev–Trinajstić information content (AvgIpc) is 3.27. The number of fused-ring (bicyclic) bond motifs is 1. The van der Waals surface area contributed by atoms with Crippen molar-refractivity contribution in [3.05, 3.63) is 36.7 Å². The molecule has 2 heterocycles. The lowest BCUT2D eigenvalue weighted by Crippen LogP contribution is -2.40. The molecular weight excluding hydrogens is 310 g/mol. The predicted octanol–water partition coefficient (Wildman–Crippen LogP) is 1.59. The zero-order chi connectivity index (χ0) is 16.9. The first-order valence-electron chi connectivity index (χ1n) is 8.06. The highest BCUT2D eigenvalue weighted by atomic mass is 16.7. The van der Waals surface area contributed by atoms with Gasteiger partial charge in [0.15, 0.2) is 11.5 Å². The third-order valence-electron chi connectivity index (χ3n) is 4.13. The van der Waals surface area contributed by atoms with E-state index < -0.39 is 6.10 Å². The summed E-state index contributed by atoms with van der Waals surface area (Å²) in [5, 5.41) is 17.6. The minimum Gasteiger partial charge on any atom is -0.491 e. The second kappa shape index (κ2) is 7.55. The first-order valence-corrected chi connectivity index (χ1v) is 8.06. The number of hydrogen-bond donors (Lipinski definition) is 2. The average molecular weight is 333 g/mol. The summed E-state index contributed by atoms with van der Waals surface area (Å²) in [5.74, 6) is 2.03. The minimum atomic E-state index is -0.609. The van der Waals surface area contributed by atoms with E-state index in [1.165, 1.54) is 0 Å². The monoisotopic (exact) mass is 333 g/mol. The number of aromatic nitrogens is 2. The molecule has 0 saturated heterocycles. The highest BCUT2D eigenvalue weighted by molar-refractivity contribution is 5.46. The van der Waals surface area contributed by atoms with Crippen molar-refractivity contribution in [3.8, 4) is 17.2 Å². The van der Waals surface area contributed by atoms with Gasteiger partial charge in [0, 0.05) is 31.0 Å². The van der Waals surface area contributed by atoms with Crippen molar-refractivity contribution in [2.75, 3.05) is 19.9 Å². The van der Waals surface area contributed by atoms with Crippen molar-refractivity contribution in [3.63, 3.8) is 0 Å². The van der Waals surface area contributed by atoms with Gasteiger partial charge in [0.05, 0.1) is 6.04 Å². The van der Waals surface area contributed by atoms with Gasteiger partial charge < -0.3 is 24.6 Å². The normalized spacial score (nSPS) is 16.6. The molecule has 3 rings (SSSR count). The molecule has 24 heavy (non-hydrogen) atoms. The zero-order valence-electron chi connectivity index (χ0n) is 13.9. The Labute approximate surface area is 141 Å². The van der Waals surface area contributed by atoms with Crippen LogP contribution in [0.2, 0.25) is 0 Å². The second-order valence-electron chi connectivity index (χ2n) is 5.90. The molecule has 0 spiro atoms. The van der Waals surface area contributed by atoms with Gasteiger partial charge in [0.25, 0.3) is 0 Å². The van der Waals surface area contributed by atoms with Gasteiger partial charge in [-0.1, -0.05) is 0 Å². The summed E-state index contributed by atoms with van der Waals surface area (Å²) in [7, 11) is 0. The van der Waals surface area contributed by atoms with Crippen LogP contribution >= 0.6 is 0 Å². The van der Waals surface area contributed by atoms with Gasteiger partial charge in [-0.3, -0.25) is 4.68 Å². The molecule has 3 atom stereocenters. The van der Waals surface area contributed by atoms with Crippen LogP contribution in [0.1, 0.15) is 19.9 Å². The Hall–Kier alpha value is -2.25. The molecule has 0 bridgehead atoms. The number of hydrogen-bond acceptors (Lipinski definition) is 6. The summed E-state index contributed by atoms with van der Waals surface area (Å²) in [6.07, 6.45) is 3.09. The van der Waals surface area contributed by atoms with E-state index in [9.17, 15) is 5.11 Å². The largest absolute Gasteiger partial charge is 0.491 e. The van der Waals surface area contributed by atoms with E-state index in [4.69, 9.17) is 14.2 Å². The Morgan fingerprint density at radius 3 is 2.96 bits per heavy atom. The third kappa shape index (κ3) is 3.98. The van der Waals surface area contributed by atoms with Crippen molar-refractivity contribution in [2.45, 2.75) is 32.0 Å². The molecule has 0 radical (unpaired) electrons. The van der Waals surface area contributed by atoms with Crippen LogP contribution in [0.25, 0.3) is 0 Å². The Morgan fingerprint density at radius 2 is 2.17 bits per heavy atom. The van der Waals surface area contributed by atoms with Crippen molar-refractivity contribution in [2.24, 2.45) is 0 Å². The smallest absolute Gasteiger partial charge is 0.231 e. The van der Waals surface area contributed by atoms with Crippen LogP contribution in [0.3, 0.4) is 0 Å². The van der Waals surface area contributed by atoms with Crippen molar-refractivity contribution in [1.29, 1.82) is 0 Å². The Kier molecular flexibility index (Phi) is 5.22. The summed E-state index contributed by atoms with van der Waals surface area (Å²) in [6, 6.07) is 7.64. The van der Waals surface area contributed by atoms with Crippen LogP contribution in [0.4, 0.5) is 0 Å². The number of benzene rings is 1. The minimum absolute atomic E-state index is 0.171. The van der Waals surface area contributed by atoms with Crippen LogP contribution in [0.15, 0.2) is 36.7 Å². The van der Waals surface area contributed by atoms with Crippen LogP contribution in [-0.4, -0.2) is 47.0 Å². The maximum Gasteiger partial charge on any atom is 0.231 e. The molecule has 2 aromatic rings. The highest BCUT2D eigenvalue weighted by Crippen LogP contribution is 2.35. The molecule has 0 unspecified atom stereocenters. The number of aliphatic hydroxyl groups excluding tert-OH is 1. The lowest BCUT2D eigenvalue weighted by Gasteiger charge is -2.23. The molecule has 1 aliphatic rings. The van der Waals surface area contributed by atoms with Crippen LogP contribution in [0, 0.1) is 0 Å². The van der Waals surface area contributed by atoms with E-state index in [0.717, 1.165) is 0 Å².